The Bertz CT molecular complexity index is 677. The molecule has 2 heterocycles. The van der Waals surface area contributed by atoms with Crippen LogP contribution < -0.4 is 0 Å². The van der Waals surface area contributed by atoms with Crippen LogP contribution in [-0.4, -0.2) is 29.3 Å². The van der Waals surface area contributed by atoms with Crippen LogP contribution in [0.1, 0.15) is 18.2 Å². The van der Waals surface area contributed by atoms with Crippen molar-refractivity contribution in [1.29, 1.82) is 0 Å². The molecule has 0 amide bonds. The summed E-state index contributed by atoms with van der Waals surface area (Å²) in [5.41, 5.74) is 1.64. The Morgan fingerprint density at radius 1 is 1.43 bits per heavy atom. The third-order valence-corrected chi connectivity index (χ3v) is 5.32. The Labute approximate surface area is 130 Å². The van der Waals surface area contributed by atoms with E-state index in [1.54, 1.807) is 37.8 Å². The third kappa shape index (κ3) is 3.45. The molecule has 0 bridgehead atoms. The van der Waals surface area contributed by atoms with Crippen LogP contribution in [0.3, 0.4) is 0 Å². The van der Waals surface area contributed by atoms with E-state index in [1.807, 2.05) is 17.6 Å². The molecule has 21 heavy (non-hydrogen) atoms. The predicted molar refractivity (Wildman–Crippen MR) is 82.6 cm³/mol. The molecule has 0 atom stereocenters. The van der Waals surface area contributed by atoms with Crippen molar-refractivity contribution >= 4 is 21.6 Å². The van der Waals surface area contributed by atoms with Gasteiger partial charge in [-0.2, -0.15) is 4.31 Å². The highest BCUT2D eigenvalue weighted by atomic mass is 35.5. The molecule has 0 aliphatic carbocycles. The van der Waals surface area contributed by atoms with Gasteiger partial charge in [-0.25, -0.2) is 8.42 Å². The number of rotatable bonds is 6. The van der Waals surface area contributed by atoms with Crippen molar-refractivity contribution in [2.45, 2.75) is 30.8 Å². The molecule has 0 radical (unpaired) electrons. The van der Waals surface area contributed by atoms with Crippen LogP contribution in [0.25, 0.3) is 0 Å². The Morgan fingerprint density at radius 3 is 2.71 bits per heavy atom. The van der Waals surface area contributed by atoms with Gasteiger partial charge in [0.2, 0.25) is 10.0 Å². The molecule has 2 aromatic rings. The SMILES string of the molecule is CCn1cc(S(=O)(=O)N(C)Cc2cccnc2)cc1CCl. The van der Waals surface area contributed by atoms with Gasteiger partial charge in [0, 0.05) is 44.4 Å². The van der Waals surface area contributed by atoms with Crippen molar-refractivity contribution in [3.05, 3.63) is 48.0 Å². The number of aryl methyl sites for hydroxylation is 1. The highest BCUT2D eigenvalue weighted by molar-refractivity contribution is 7.89. The van der Waals surface area contributed by atoms with Crippen LogP contribution in [0, 0.1) is 0 Å². The van der Waals surface area contributed by atoms with E-state index < -0.39 is 10.0 Å². The average molecular weight is 328 g/mol. The molecular weight excluding hydrogens is 310 g/mol. The minimum atomic E-state index is -3.53. The van der Waals surface area contributed by atoms with Crippen molar-refractivity contribution in [3.63, 3.8) is 0 Å². The zero-order chi connectivity index (χ0) is 15.5. The summed E-state index contributed by atoms with van der Waals surface area (Å²) in [6.07, 6.45) is 4.95. The maximum absolute atomic E-state index is 12.6. The topological polar surface area (TPSA) is 55.2 Å². The Kier molecular flexibility index (Phi) is 5.03. The summed E-state index contributed by atoms with van der Waals surface area (Å²) in [6.45, 7) is 2.92. The number of sulfonamides is 1. The highest BCUT2D eigenvalue weighted by Crippen LogP contribution is 2.20. The van der Waals surface area contributed by atoms with Gasteiger partial charge in [0.1, 0.15) is 4.90 Å². The number of hydrogen-bond acceptors (Lipinski definition) is 3. The first-order valence-electron chi connectivity index (χ1n) is 6.59. The second kappa shape index (κ2) is 6.60. The van der Waals surface area contributed by atoms with E-state index in [4.69, 9.17) is 11.6 Å². The van der Waals surface area contributed by atoms with Gasteiger partial charge in [-0.05, 0) is 24.6 Å². The summed E-state index contributed by atoms with van der Waals surface area (Å²) >= 11 is 5.85. The van der Waals surface area contributed by atoms with Crippen molar-refractivity contribution in [2.24, 2.45) is 0 Å². The zero-order valence-corrected chi connectivity index (χ0v) is 13.6. The van der Waals surface area contributed by atoms with Gasteiger partial charge >= 0.3 is 0 Å². The smallest absolute Gasteiger partial charge is 0.244 e. The van der Waals surface area contributed by atoms with Crippen molar-refractivity contribution in [1.82, 2.24) is 13.9 Å². The van der Waals surface area contributed by atoms with Gasteiger partial charge in [0.25, 0.3) is 0 Å². The van der Waals surface area contributed by atoms with Crippen LogP contribution in [0.4, 0.5) is 0 Å². The number of halogens is 1. The minimum absolute atomic E-state index is 0.270. The van der Waals surface area contributed by atoms with E-state index in [2.05, 4.69) is 4.98 Å². The number of aromatic nitrogens is 2. The van der Waals surface area contributed by atoms with Gasteiger partial charge in [0.05, 0.1) is 5.88 Å². The monoisotopic (exact) mass is 327 g/mol. The van der Waals surface area contributed by atoms with Crippen LogP contribution in [0.15, 0.2) is 41.7 Å². The Hall–Kier alpha value is -1.37. The van der Waals surface area contributed by atoms with Crippen molar-refractivity contribution in [3.8, 4) is 0 Å². The minimum Gasteiger partial charge on any atom is -0.349 e. The van der Waals surface area contributed by atoms with Gasteiger partial charge in [0.15, 0.2) is 0 Å². The largest absolute Gasteiger partial charge is 0.349 e. The number of hydrogen-bond donors (Lipinski definition) is 0. The first kappa shape index (κ1) is 16.0. The van der Waals surface area contributed by atoms with Crippen LogP contribution in [-0.2, 0) is 29.0 Å². The van der Waals surface area contributed by atoms with E-state index in [9.17, 15) is 8.42 Å². The molecule has 0 fully saturated rings. The Balaban J connectivity index is 2.26. The molecule has 7 heteroatoms. The number of alkyl halides is 1. The molecule has 5 nitrogen and oxygen atoms in total. The molecule has 0 unspecified atom stereocenters. The molecule has 0 aromatic carbocycles. The standard InChI is InChI=1S/C14H18ClN3O2S/c1-3-18-11-14(7-13(18)8-15)21(19,20)17(2)10-12-5-4-6-16-9-12/h4-7,9,11H,3,8,10H2,1-2H3. The molecule has 0 saturated carbocycles. The molecule has 2 rings (SSSR count). The van der Waals surface area contributed by atoms with Crippen LogP contribution in [0.2, 0.25) is 0 Å². The number of pyridine rings is 1. The maximum Gasteiger partial charge on any atom is 0.244 e. The van der Waals surface area contributed by atoms with Gasteiger partial charge in [-0.1, -0.05) is 6.07 Å². The van der Waals surface area contributed by atoms with Gasteiger partial charge in [-0.3, -0.25) is 4.98 Å². The lowest BCUT2D eigenvalue weighted by Gasteiger charge is -2.16. The van der Waals surface area contributed by atoms with E-state index >= 15 is 0 Å². The quantitative estimate of drug-likeness (QED) is 0.766. The highest BCUT2D eigenvalue weighted by Gasteiger charge is 2.23. The number of nitrogens with zero attached hydrogens (tertiary/aromatic N) is 3. The molecule has 0 N–H and O–H groups in total. The van der Waals surface area contributed by atoms with Crippen LogP contribution in [0.5, 0.6) is 0 Å². The van der Waals surface area contributed by atoms with Gasteiger partial charge in [-0.15, -0.1) is 11.6 Å². The maximum atomic E-state index is 12.6. The fraction of sp³-hybridized carbons (Fsp3) is 0.357. The average Bonchev–Trinajstić information content (AvgIpc) is 2.92. The van der Waals surface area contributed by atoms with Gasteiger partial charge < -0.3 is 4.57 Å². The summed E-state index contributed by atoms with van der Waals surface area (Å²) in [4.78, 5) is 4.26. The second-order valence-corrected chi connectivity index (χ2v) is 7.02. The molecule has 0 aliphatic heterocycles. The van der Waals surface area contributed by atoms with E-state index in [-0.39, 0.29) is 17.3 Å². The summed E-state index contributed by atoms with van der Waals surface area (Å²) in [7, 11) is -1.97. The fourth-order valence-corrected chi connectivity index (χ4v) is 3.54. The molecule has 0 saturated heterocycles. The summed E-state index contributed by atoms with van der Waals surface area (Å²) in [5.74, 6) is 0.287. The molecular formula is C14H18ClN3O2S. The predicted octanol–water partition coefficient (Wildman–Crippen LogP) is 2.46. The summed E-state index contributed by atoms with van der Waals surface area (Å²) < 4.78 is 28.3. The third-order valence-electron chi connectivity index (χ3n) is 3.27. The van der Waals surface area contributed by atoms with Crippen molar-refractivity contribution < 1.29 is 8.42 Å². The second-order valence-electron chi connectivity index (χ2n) is 4.71. The first-order chi connectivity index (χ1) is 9.98. The molecule has 0 spiro atoms. The zero-order valence-electron chi connectivity index (χ0n) is 12.0. The summed E-state index contributed by atoms with van der Waals surface area (Å²) in [6, 6.07) is 5.26. The first-order valence-corrected chi connectivity index (χ1v) is 8.56. The summed E-state index contributed by atoms with van der Waals surface area (Å²) in [5, 5.41) is 0. The lowest BCUT2D eigenvalue weighted by Crippen LogP contribution is -2.26. The molecule has 2 aromatic heterocycles. The lowest BCUT2D eigenvalue weighted by molar-refractivity contribution is 0.466. The van der Waals surface area contributed by atoms with Crippen molar-refractivity contribution in [2.75, 3.05) is 7.05 Å². The molecule has 114 valence electrons. The van der Waals surface area contributed by atoms with E-state index in [1.165, 1.54) is 4.31 Å². The Morgan fingerprint density at radius 2 is 2.19 bits per heavy atom. The molecule has 0 aliphatic rings. The van der Waals surface area contributed by atoms with Crippen LogP contribution >= 0.6 is 11.6 Å². The fourth-order valence-electron chi connectivity index (χ4n) is 2.09. The van der Waals surface area contributed by atoms with E-state index in [0.29, 0.717) is 6.54 Å². The lowest BCUT2D eigenvalue weighted by atomic mass is 10.3. The normalized spacial score (nSPS) is 12.0. The van der Waals surface area contributed by atoms with E-state index in [0.717, 1.165) is 11.3 Å².